The van der Waals surface area contributed by atoms with E-state index in [1.165, 1.54) is 5.56 Å². The molecule has 7 nitrogen and oxygen atoms in total. The number of aromatic nitrogens is 1. The van der Waals surface area contributed by atoms with E-state index < -0.39 is 6.04 Å². The maximum atomic E-state index is 13.2. The zero-order valence-electron chi connectivity index (χ0n) is 22.0. The van der Waals surface area contributed by atoms with Crippen molar-refractivity contribution in [2.24, 2.45) is 5.41 Å². The first-order valence-corrected chi connectivity index (χ1v) is 12.6. The van der Waals surface area contributed by atoms with Crippen molar-refractivity contribution in [3.63, 3.8) is 0 Å². The number of benzene rings is 1. The molecule has 1 atom stereocenters. The van der Waals surface area contributed by atoms with Crippen molar-refractivity contribution >= 4 is 17.6 Å². The van der Waals surface area contributed by atoms with Gasteiger partial charge in [-0.3, -0.25) is 14.4 Å². The highest BCUT2D eigenvalue weighted by Gasteiger charge is 2.35. The Balaban J connectivity index is 1.68. The molecule has 0 spiro atoms. The van der Waals surface area contributed by atoms with Crippen molar-refractivity contribution in [3.8, 4) is 0 Å². The number of nitrogens with one attached hydrogen (secondary N) is 3. The second-order valence-corrected chi connectivity index (χ2v) is 10.9. The van der Waals surface area contributed by atoms with Gasteiger partial charge in [-0.25, -0.2) is 0 Å². The lowest BCUT2D eigenvalue weighted by Crippen LogP contribution is -2.46. The fraction of sp³-hybridized carbons (Fsp3) is 0.536. The van der Waals surface area contributed by atoms with Gasteiger partial charge < -0.3 is 20.5 Å². The van der Waals surface area contributed by atoms with Gasteiger partial charge in [-0.2, -0.15) is 0 Å². The summed E-state index contributed by atoms with van der Waals surface area (Å²) in [6.45, 7) is 9.25. The van der Waals surface area contributed by atoms with E-state index in [-0.39, 0.29) is 23.0 Å². The molecule has 190 valence electrons. The van der Waals surface area contributed by atoms with Gasteiger partial charge in [0, 0.05) is 30.8 Å². The molecule has 1 aliphatic rings. The lowest BCUT2D eigenvalue weighted by molar-refractivity contribution is -0.123. The number of amides is 2. The van der Waals surface area contributed by atoms with Crippen LogP contribution in [0.25, 0.3) is 0 Å². The third-order valence-corrected chi connectivity index (χ3v) is 6.58. The number of Topliss-reactive ketones (excluding diaryl/α,β-unsaturated/α-hetero) is 1. The summed E-state index contributed by atoms with van der Waals surface area (Å²) in [6, 6.07) is 7.53. The van der Waals surface area contributed by atoms with Gasteiger partial charge in [0.1, 0.15) is 11.7 Å². The van der Waals surface area contributed by atoms with E-state index in [0.717, 1.165) is 37.1 Å². The average molecular weight is 481 g/mol. The van der Waals surface area contributed by atoms with Crippen LogP contribution >= 0.6 is 0 Å². The average Bonchev–Trinajstić information content (AvgIpc) is 3.10. The molecule has 1 aliphatic carbocycles. The maximum absolute atomic E-state index is 13.2. The predicted molar refractivity (Wildman–Crippen MR) is 138 cm³/mol. The summed E-state index contributed by atoms with van der Waals surface area (Å²) < 4.78 is 0. The van der Waals surface area contributed by atoms with Crippen LogP contribution in [0.4, 0.5) is 0 Å². The zero-order valence-corrected chi connectivity index (χ0v) is 22.0. The number of nitrogens with zero attached hydrogens (tertiary/aromatic N) is 1. The van der Waals surface area contributed by atoms with Crippen LogP contribution in [0.2, 0.25) is 0 Å². The monoisotopic (exact) mass is 480 g/mol. The summed E-state index contributed by atoms with van der Waals surface area (Å²) in [4.78, 5) is 44.2. The molecule has 3 rings (SSSR count). The number of aromatic amines is 1. The van der Waals surface area contributed by atoms with Crippen LogP contribution in [0.5, 0.6) is 0 Å². The Labute approximate surface area is 209 Å². The van der Waals surface area contributed by atoms with E-state index in [0.29, 0.717) is 36.2 Å². The molecule has 0 saturated carbocycles. The first-order valence-electron chi connectivity index (χ1n) is 12.6. The third kappa shape index (κ3) is 6.82. The molecule has 0 aliphatic heterocycles. The topological polar surface area (TPSA) is 94.3 Å². The highest BCUT2D eigenvalue weighted by molar-refractivity contribution is 6.05. The minimum atomic E-state index is -0.637. The lowest BCUT2D eigenvalue weighted by atomic mass is 9.75. The van der Waals surface area contributed by atoms with Crippen molar-refractivity contribution in [2.45, 2.75) is 78.9 Å². The van der Waals surface area contributed by atoms with Gasteiger partial charge in [0.25, 0.3) is 5.91 Å². The number of carbonyl (C=O) groups excluding carboxylic acids is 3. The normalized spacial score (nSPS) is 15.6. The Morgan fingerprint density at radius 1 is 1.11 bits per heavy atom. The molecule has 1 aromatic carbocycles. The van der Waals surface area contributed by atoms with Crippen molar-refractivity contribution in [3.05, 3.63) is 57.9 Å². The molecule has 1 aromatic heterocycles. The van der Waals surface area contributed by atoms with Crippen molar-refractivity contribution in [1.29, 1.82) is 0 Å². The minimum Gasteiger partial charge on any atom is -0.354 e. The molecule has 3 N–H and O–H groups in total. The molecule has 0 bridgehead atoms. The molecule has 0 radical (unpaired) electrons. The molecular weight excluding hydrogens is 440 g/mol. The Kier molecular flexibility index (Phi) is 8.54. The van der Waals surface area contributed by atoms with Crippen LogP contribution in [-0.2, 0) is 24.3 Å². The van der Waals surface area contributed by atoms with Gasteiger partial charge in [0.2, 0.25) is 5.91 Å². The van der Waals surface area contributed by atoms with Gasteiger partial charge in [-0.05, 0) is 56.0 Å². The number of H-pyrrole nitrogens is 1. The van der Waals surface area contributed by atoms with Crippen molar-refractivity contribution in [2.75, 3.05) is 14.1 Å². The number of carbonyl (C=O) groups is 3. The number of unbranched alkanes of at least 4 members (excludes halogenated alkanes) is 1. The second-order valence-electron chi connectivity index (χ2n) is 10.9. The highest BCUT2D eigenvalue weighted by Crippen LogP contribution is 2.36. The first kappa shape index (κ1) is 26.7. The molecule has 2 aromatic rings. The minimum absolute atomic E-state index is 0.0703. The molecule has 7 heteroatoms. The maximum Gasteiger partial charge on any atom is 0.268 e. The molecule has 1 heterocycles. The summed E-state index contributed by atoms with van der Waals surface area (Å²) in [6.07, 6.45) is 3.49. The van der Waals surface area contributed by atoms with E-state index in [1.807, 2.05) is 33.2 Å². The number of rotatable bonds is 10. The van der Waals surface area contributed by atoms with E-state index >= 15 is 0 Å². The van der Waals surface area contributed by atoms with E-state index in [2.05, 4.69) is 53.4 Å². The quantitative estimate of drug-likeness (QED) is 0.476. The van der Waals surface area contributed by atoms with Crippen LogP contribution in [0.15, 0.2) is 24.3 Å². The number of hydrogen-bond acceptors (Lipinski definition) is 4. The standard InChI is InChI=1S/C28H40N4O3/c1-7-8-9-21(26(34)29-16-19-10-12-20(13-11-19)17-32(5)6)31-27(35)25-18(2)24-22(30-25)14-28(3,4)15-23(24)33/h10-13,21,30H,7-9,14-17H2,1-6H3,(H,29,34)(H,31,35)/t21-/m0/s1. The van der Waals surface area contributed by atoms with E-state index in [4.69, 9.17) is 0 Å². The van der Waals surface area contributed by atoms with Gasteiger partial charge in [0.05, 0.1) is 0 Å². The SMILES string of the molecule is CCCC[C@H](NC(=O)c1[nH]c2c(c1C)C(=O)CC(C)(C)C2)C(=O)NCc1ccc(CN(C)C)cc1. The molecule has 0 fully saturated rings. The number of ketones is 1. The van der Waals surface area contributed by atoms with Gasteiger partial charge in [-0.15, -0.1) is 0 Å². The lowest BCUT2D eigenvalue weighted by Gasteiger charge is -2.28. The van der Waals surface area contributed by atoms with Crippen LogP contribution in [0, 0.1) is 12.3 Å². The van der Waals surface area contributed by atoms with Crippen molar-refractivity contribution < 1.29 is 14.4 Å². The van der Waals surface area contributed by atoms with Crippen LogP contribution in [0.3, 0.4) is 0 Å². The molecular formula is C28H40N4O3. The van der Waals surface area contributed by atoms with E-state index in [1.54, 1.807) is 0 Å². The van der Waals surface area contributed by atoms with Crippen LogP contribution in [-0.4, -0.2) is 47.6 Å². The number of hydrogen-bond donors (Lipinski definition) is 3. The second kappa shape index (κ2) is 11.2. The fourth-order valence-electron chi connectivity index (χ4n) is 4.81. The summed E-state index contributed by atoms with van der Waals surface area (Å²) in [7, 11) is 4.06. The van der Waals surface area contributed by atoms with Gasteiger partial charge in [-0.1, -0.05) is 57.9 Å². The summed E-state index contributed by atoms with van der Waals surface area (Å²) in [5, 5.41) is 5.90. The predicted octanol–water partition coefficient (Wildman–Crippen LogP) is 4.14. The zero-order chi connectivity index (χ0) is 25.8. The fourth-order valence-corrected chi connectivity index (χ4v) is 4.81. The third-order valence-electron chi connectivity index (χ3n) is 6.58. The molecule has 0 unspecified atom stereocenters. The summed E-state index contributed by atoms with van der Waals surface area (Å²) >= 11 is 0. The molecule has 2 amide bonds. The highest BCUT2D eigenvalue weighted by atomic mass is 16.2. The van der Waals surface area contributed by atoms with Gasteiger partial charge >= 0.3 is 0 Å². The number of fused-ring (bicyclic) bond motifs is 1. The smallest absolute Gasteiger partial charge is 0.268 e. The summed E-state index contributed by atoms with van der Waals surface area (Å²) in [5.41, 5.74) is 4.60. The Hall–Kier alpha value is -2.93. The van der Waals surface area contributed by atoms with Crippen LogP contribution < -0.4 is 10.6 Å². The Morgan fingerprint density at radius 2 is 1.77 bits per heavy atom. The molecule has 35 heavy (non-hydrogen) atoms. The largest absolute Gasteiger partial charge is 0.354 e. The van der Waals surface area contributed by atoms with Gasteiger partial charge in [0.15, 0.2) is 5.78 Å². The molecule has 0 saturated heterocycles. The van der Waals surface area contributed by atoms with E-state index in [9.17, 15) is 14.4 Å². The first-order chi connectivity index (χ1) is 16.5. The summed E-state index contributed by atoms with van der Waals surface area (Å²) in [5.74, 6) is -0.469. The van der Waals surface area contributed by atoms with Crippen LogP contribution in [0.1, 0.15) is 89.7 Å². The Morgan fingerprint density at radius 3 is 2.40 bits per heavy atom. The van der Waals surface area contributed by atoms with Crippen molar-refractivity contribution in [1.82, 2.24) is 20.5 Å². The Bertz CT molecular complexity index is 1070.